The third kappa shape index (κ3) is 3.75. The van der Waals surface area contributed by atoms with E-state index in [2.05, 4.69) is 16.2 Å². The molecule has 0 bridgehead atoms. The van der Waals surface area contributed by atoms with Crippen molar-refractivity contribution in [1.82, 2.24) is 0 Å². The maximum absolute atomic E-state index is 3.16. The zero-order valence-electron chi connectivity index (χ0n) is 13.1. The van der Waals surface area contributed by atoms with Crippen molar-refractivity contribution < 1.29 is 0 Å². The van der Waals surface area contributed by atoms with E-state index in [9.17, 15) is 0 Å². The van der Waals surface area contributed by atoms with Crippen LogP contribution < -0.4 is 0 Å². The van der Waals surface area contributed by atoms with E-state index in [1.807, 2.05) is 0 Å². The molecule has 0 aromatic rings. The number of hydrogen-bond acceptors (Lipinski definition) is 0. The molecule has 0 N–H and O–H groups in total. The first-order valence-electron chi connectivity index (χ1n) is 9.03. The van der Waals surface area contributed by atoms with Crippen molar-refractivity contribution in [2.75, 3.05) is 6.16 Å². The highest BCUT2D eigenvalue weighted by molar-refractivity contribution is 7.16. The van der Waals surface area contributed by atoms with Crippen LogP contribution in [0.25, 0.3) is 0 Å². The second-order valence-corrected chi connectivity index (χ2v) is 7.62. The summed E-state index contributed by atoms with van der Waals surface area (Å²) in [7, 11) is 3.16. The molecule has 2 fully saturated rings. The SMILES string of the molecule is CCCCC(CP)(C1CCCCC1)C1CCCCC1. The molecule has 0 saturated heterocycles. The molecular formula is C18H35P. The average molecular weight is 282 g/mol. The maximum atomic E-state index is 3.16. The van der Waals surface area contributed by atoms with Crippen molar-refractivity contribution in [2.45, 2.75) is 90.4 Å². The van der Waals surface area contributed by atoms with Gasteiger partial charge in [-0.1, -0.05) is 58.3 Å². The molecule has 0 aromatic heterocycles. The molecule has 19 heavy (non-hydrogen) atoms. The summed E-state index contributed by atoms with van der Waals surface area (Å²) in [4.78, 5) is 0. The van der Waals surface area contributed by atoms with Gasteiger partial charge in [0.25, 0.3) is 0 Å². The monoisotopic (exact) mass is 282 g/mol. The largest absolute Gasteiger partial charge is 0.137 e. The molecule has 2 aliphatic carbocycles. The van der Waals surface area contributed by atoms with E-state index in [1.165, 1.54) is 89.6 Å². The molecule has 1 atom stereocenters. The second-order valence-electron chi connectivity index (χ2n) is 7.21. The topological polar surface area (TPSA) is 0 Å². The van der Waals surface area contributed by atoms with Crippen molar-refractivity contribution in [3.8, 4) is 0 Å². The van der Waals surface area contributed by atoms with Gasteiger partial charge in [-0.05, 0) is 55.5 Å². The lowest BCUT2D eigenvalue weighted by atomic mass is 9.58. The van der Waals surface area contributed by atoms with Crippen LogP contribution in [0.3, 0.4) is 0 Å². The summed E-state index contributed by atoms with van der Waals surface area (Å²) >= 11 is 0. The van der Waals surface area contributed by atoms with Gasteiger partial charge in [-0.15, -0.1) is 9.24 Å². The summed E-state index contributed by atoms with van der Waals surface area (Å²) < 4.78 is 0. The summed E-state index contributed by atoms with van der Waals surface area (Å²) in [5.74, 6) is 2.10. The van der Waals surface area contributed by atoms with Crippen LogP contribution in [0.2, 0.25) is 0 Å². The molecule has 1 unspecified atom stereocenters. The minimum absolute atomic E-state index is 0.696. The Labute approximate surface area is 123 Å². The van der Waals surface area contributed by atoms with Gasteiger partial charge in [0.15, 0.2) is 0 Å². The summed E-state index contributed by atoms with van der Waals surface area (Å²) in [6.07, 6.45) is 20.9. The van der Waals surface area contributed by atoms with E-state index in [-0.39, 0.29) is 0 Å². The Morgan fingerprint density at radius 1 is 0.842 bits per heavy atom. The fourth-order valence-corrected chi connectivity index (χ4v) is 5.91. The fourth-order valence-electron chi connectivity index (χ4n) is 5.04. The van der Waals surface area contributed by atoms with Gasteiger partial charge in [0.1, 0.15) is 0 Å². The Balaban J connectivity index is 2.12. The highest BCUT2D eigenvalue weighted by Gasteiger charge is 2.43. The van der Waals surface area contributed by atoms with Crippen molar-refractivity contribution in [3.63, 3.8) is 0 Å². The standard InChI is InChI=1S/C18H35P/c1-2-3-14-18(15-19,16-10-6-4-7-11-16)17-12-8-5-9-13-17/h16-17H,2-15,19H2,1H3. The molecule has 2 saturated carbocycles. The van der Waals surface area contributed by atoms with Crippen molar-refractivity contribution in [1.29, 1.82) is 0 Å². The van der Waals surface area contributed by atoms with Crippen molar-refractivity contribution in [2.24, 2.45) is 17.3 Å². The predicted octanol–water partition coefficient (Wildman–Crippen LogP) is 6.20. The number of hydrogen-bond donors (Lipinski definition) is 0. The molecule has 1 heteroatoms. The normalized spacial score (nSPS) is 23.7. The van der Waals surface area contributed by atoms with Crippen LogP contribution in [0.4, 0.5) is 0 Å². The van der Waals surface area contributed by atoms with E-state index in [4.69, 9.17) is 0 Å². The summed E-state index contributed by atoms with van der Waals surface area (Å²) in [6, 6.07) is 0. The van der Waals surface area contributed by atoms with Gasteiger partial charge in [0.05, 0.1) is 0 Å². The van der Waals surface area contributed by atoms with Crippen LogP contribution in [0, 0.1) is 17.3 Å². The van der Waals surface area contributed by atoms with Gasteiger partial charge in [-0.2, -0.15) is 0 Å². The Bertz CT molecular complexity index is 218. The quantitative estimate of drug-likeness (QED) is 0.509. The molecule has 0 aliphatic heterocycles. The van der Waals surface area contributed by atoms with Gasteiger partial charge in [0, 0.05) is 0 Å². The molecular weight excluding hydrogens is 247 g/mol. The molecule has 2 aliphatic rings. The van der Waals surface area contributed by atoms with Crippen LogP contribution >= 0.6 is 9.24 Å². The number of rotatable bonds is 6. The molecule has 2 rings (SSSR count). The Hall–Kier alpha value is 0.430. The first-order valence-corrected chi connectivity index (χ1v) is 9.85. The van der Waals surface area contributed by atoms with E-state index < -0.39 is 0 Å². The molecule has 0 nitrogen and oxygen atoms in total. The fraction of sp³-hybridized carbons (Fsp3) is 1.00. The van der Waals surface area contributed by atoms with Gasteiger partial charge in [-0.3, -0.25) is 0 Å². The van der Waals surface area contributed by atoms with E-state index in [1.54, 1.807) is 0 Å². The third-order valence-electron chi connectivity index (χ3n) is 6.21. The average Bonchev–Trinajstić information content (AvgIpc) is 2.51. The van der Waals surface area contributed by atoms with Crippen LogP contribution in [-0.2, 0) is 0 Å². The zero-order chi connectivity index (χ0) is 13.6. The van der Waals surface area contributed by atoms with Gasteiger partial charge < -0.3 is 0 Å². The second kappa shape index (κ2) is 8.02. The first kappa shape index (κ1) is 15.8. The van der Waals surface area contributed by atoms with Gasteiger partial charge in [-0.25, -0.2) is 0 Å². The summed E-state index contributed by atoms with van der Waals surface area (Å²) in [6.45, 7) is 2.37. The lowest BCUT2D eigenvalue weighted by Gasteiger charge is -2.49. The third-order valence-corrected chi connectivity index (χ3v) is 6.97. The van der Waals surface area contributed by atoms with Crippen LogP contribution in [0.1, 0.15) is 90.4 Å². The summed E-state index contributed by atoms with van der Waals surface area (Å²) in [5, 5.41) is 0. The summed E-state index contributed by atoms with van der Waals surface area (Å²) in [5.41, 5.74) is 0.696. The Morgan fingerprint density at radius 3 is 1.68 bits per heavy atom. The minimum Gasteiger partial charge on any atom is -0.137 e. The molecule has 0 amide bonds. The molecule has 0 aromatic carbocycles. The molecule has 0 radical (unpaired) electrons. The van der Waals surface area contributed by atoms with Gasteiger partial charge >= 0.3 is 0 Å². The highest BCUT2D eigenvalue weighted by atomic mass is 31.0. The van der Waals surface area contributed by atoms with Crippen LogP contribution in [0.15, 0.2) is 0 Å². The highest BCUT2D eigenvalue weighted by Crippen LogP contribution is 2.52. The molecule has 0 spiro atoms. The van der Waals surface area contributed by atoms with Crippen LogP contribution in [0.5, 0.6) is 0 Å². The Kier molecular flexibility index (Phi) is 6.67. The molecule has 112 valence electrons. The maximum Gasteiger partial charge on any atom is -0.0206 e. The zero-order valence-corrected chi connectivity index (χ0v) is 14.3. The minimum atomic E-state index is 0.696. The number of unbranched alkanes of at least 4 members (excludes halogenated alkanes) is 1. The predicted molar refractivity (Wildman–Crippen MR) is 89.7 cm³/mol. The van der Waals surface area contributed by atoms with E-state index >= 15 is 0 Å². The Morgan fingerprint density at radius 2 is 1.32 bits per heavy atom. The van der Waals surface area contributed by atoms with Gasteiger partial charge in [0.2, 0.25) is 0 Å². The van der Waals surface area contributed by atoms with Crippen molar-refractivity contribution >= 4 is 9.24 Å². The first-order chi connectivity index (χ1) is 9.33. The van der Waals surface area contributed by atoms with E-state index in [0.29, 0.717) is 5.41 Å². The van der Waals surface area contributed by atoms with E-state index in [0.717, 1.165) is 11.8 Å². The van der Waals surface area contributed by atoms with Crippen molar-refractivity contribution in [3.05, 3.63) is 0 Å². The lowest BCUT2D eigenvalue weighted by molar-refractivity contribution is 0.0340. The molecule has 0 heterocycles. The lowest BCUT2D eigenvalue weighted by Crippen LogP contribution is -2.42. The van der Waals surface area contributed by atoms with Crippen LogP contribution in [-0.4, -0.2) is 6.16 Å². The smallest absolute Gasteiger partial charge is 0.0206 e.